The molecular weight excluding hydrogens is 246 g/mol. The van der Waals surface area contributed by atoms with Gasteiger partial charge in [-0.3, -0.25) is 9.59 Å². The Morgan fingerprint density at radius 1 is 1.42 bits per heavy atom. The number of ketones is 1. The summed E-state index contributed by atoms with van der Waals surface area (Å²) in [6.07, 6.45) is 0.0403. The molecule has 1 saturated heterocycles. The Labute approximate surface area is 111 Å². The van der Waals surface area contributed by atoms with Gasteiger partial charge in [0.15, 0.2) is 6.10 Å². The molecule has 1 aromatic carbocycles. The summed E-state index contributed by atoms with van der Waals surface area (Å²) in [5, 5.41) is 13.4. The summed E-state index contributed by atoms with van der Waals surface area (Å²) in [7, 11) is 0. The summed E-state index contributed by atoms with van der Waals surface area (Å²) < 4.78 is 4.89. The number of aliphatic hydroxyl groups is 1. The maximum atomic E-state index is 12.4. The fourth-order valence-corrected chi connectivity index (χ4v) is 2.32. The van der Waals surface area contributed by atoms with Gasteiger partial charge in [0.2, 0.25) is 5.78 Å². The van der Waals surface area contributed by atoms with Crippen LogP contribution in [0.3, 0.4) is 0 Å². The zero-order valence-corrected chi connectivity index (χ0v) is 10.5. The van der Waals surface area contributed by atoms with Gasteiger partial charge in [-0.15, -0.1) is 0 Å². The minimum Gasteiger partial charge on any atom is -0.451 e. The zero-order chi connectivity index (χ0) is 13.7. The van der Waals surface area contributed by atoms with Crippen molar-refractivity contribution < 1.29 is 19.4 Å². The third-order valence-electron chi connectivity index (χ3n) is 3.35. The molecule has 0 bridgehead atoms. The quantitative estimate of drug-likeness (QED) is 0.760. The highest BCUT2D eigenvalue weighted by Gasteiger charge is 2.42. The molecule has 0 radical (unpaired) electrons. The molecule has 1 aliphatic rings. The molecule has 2 unspecified atom stereocenters. The topological polar surface area (TPSA) is 75.6 Å². The molecule has 1 fully saturated rings. The van der Waals surface area contributed by atoms with Crippen LogP contribution in [0.4, 0.5) is 0 Å². The van der Waals surface area contributed by atoms with Crippen molar-refractivity contribution in [3.05, 3.63) is 35.9 Å². The first-order chi connectivity index (χ1) is 9.17. The number of rotatable bonds is 5. The molecule has 1 aliphatic heterocycles. The van der Waals surface area contributed by atoms with E-state index in [4.69, 9.17) is 4.74 Å². The predicted octanol–water partition coefficient (Wildman–Crippen LogP) is 0.584. The maximum absolute atomic E-state index is 12.4. The van der Waals surface area contributed by atoms with Crippen molar-refractivity contribution >= 4 is 12.3 Å². The number of piperidine rings is 1. The highest BCUT2D eigenvalue weighted by atomic mass is 16.5. The van der Waals surface area contributed by atoms with Crippen LogP contribution in [0.2, 0.25) is 0 Å². The van der Waals surface area contributed by atoms with Crippen LogP contribution < -0.4 is 5.32 Å². The van der Waals surface area contributed by atoms with Gasteiger partial charge in [0.1, 0.15) is 5.60 Å². The number of benzene rings is 1. The summed E-state index contributed by atoms with van der Waals surface area (Å²) in [5.74, 6) is -0.474. The normalized spacial score (nSPS) is 24.5. The summed E-state index contributed by atoms with van der Waals surface area (Å²) in [5.41, 5.74) is -0.902. The molecule has 2 atom stereocenters. The van der Waals surface area contributed by atoms with Crippen LogP contribution in [0, 0.1) is 0 Å². The Kier molecular flexibility index (Phi) is 4.29. The van der Waals surface area contributed by atoms with Crippen LogP contribution in [0.15, 0.2) is 30.3 Å². The van der Waals surface area contributed by atoms with Crippen LogP contribution in [-0.4, -0.2) is 36.1 Å². The first-order valence-corrected chi connectivity index (χ1v) is 6.29. The molecule has 5 heteroatoms. The predicted molar refractivity (Wildman–Crippen MR) is 68.4 cm³/mol. The second kappa shape index (κ2) is 5.95. The second-order valence-corrected chi connectivity index (χ2v) is 4.70. The van der Waals surface area contributed by atoms with Crippen molar-refractivity contribution in [2.75, 3.05) is 13.1 Å². The van der Waals surface area contributed by atoms with Crippen LogP contribution >= 0.6 is 0 Å². The third-order valence-corrected chi connectivity index (χ3v) is 3.35. The van der Waals surface area contributed by atoms with Gasteiger partial charge in [-0.1, -0.05) is 30.3 Å². The molecular formula is C14H17NO4. The summed E-state index contributed by atoms with van der Waals surface area (Å²) in [4.78, 5) is 23.0. The lowest BCUT2D eigenvalue weighted by molar-refractivity contribution is -0.157. The van der Waals surface area contributed by atoms with E-state index in [1.165, 1.54) is 0 Å². The Morgan fingerprint density at radius 3 is 2.74 bits per heavy atom. The standard InChI is InChI=1S/C14H17NO4/c16-10-19-12(11-5-2-1-3-6-11)13(17)14(18)7-4-8-15-9-14/h1-3,5-6,10,12,15,18H,4,7-9H2. The van der Waals surface area contributed by atoms with E-state index >= 15 is 0 Å². The van der Waals surface area contributed by atoms with Crippen molar-refractivity contribution in [3.8, 4) is 0 Å². The maximum Gasteiger partial charge on any atom is 0.294 e. The summed E-state index contributed by atoms with van der Waals surface area (Å²) in [6.45, 7) is 1.21. The van der Waals surface area contributed by atoms with Crippen molar-refractivity contribution in [2.45, 2.75) is 24.5 Å². The molecule has 2 N–H and O–H groups in total. The highest BCUT2D eigenvalue weighted by molar-refractivity contribution is 5.93. The molecule has 0 saturated carbocycles. The lowest BCUT2D eigenvalue weighted by Crippen LogP contribution is -2.53. The van der Waals surface area contributed by atoms with E-state index in [9.17, 15) is 14.7 Å². The molecule has 102 valence electrons. The zero-order valence-electron chi connectivity index (χ0n) is 10.5. The molecule has 0 aromatic heterocycles. The number of hydrogen-bond acceptors (Lipinski definition) is 5. The lowest BCUT2D eigenvalue weighted by Gasteiger charge is -2.33. The van der Waals surface area contributed by atoms with Crippen molar-refractivity contribution in [2.24, 2.45) is 0 Å². The first-order valence-electron chi connectivity index (χ1n) is 6.29. The van der Waals surface area contributed by atoms with Gasteiger partial charge in [-0.2, -0.15) is 0 Å². The molecule has 0 amide bonds. The average Bonchev–Trinajstić information content (AvgIpc) is 2.46. The van der Waals surface area contributed by atoms with E-state index in [2.05, 4.69) is 5.32 Å². The van der Waals surface area contributed by atoms with E-state index < -0.39 is 17.5 Å². The summed E-state index contributed by atoms with van der Waals surface area (Å²) >= 11 is 0. The van der Waals surface area contributed by atoms with Crippen LogP contribution in [0.1, 0.15) is 24.5 Å². The molecule has 2 rings (SSSR count). The highest BCUT2D eigenvalue weighted by Crippen LogP contribution is 2.27. The number of carbonyl (C=O) groups excluding carboxylic acids is 2. The SMILES string of the molecule is O=COC(C(=O)C1(O)CCCNC1)c1ccccc1. The van der Waals surface area contributed by atoms with E-state index in [1.807, 2.05) is 6.07 Å². The molecule has 19 heavy (non-hydrogen) atoms. The smallest absolute Gasteiger partial charge is 0.294 e. The molecule has 0 spiro atoms. The Balaban J connectivity index is 2.23. The minimum absolute atomic E-state index is 0.192. The van der Waals surface area contributed by atoms with Gasteiger partial charge < -0.3 is 15.2 Å². The Bertz CT molecular complexity index is 440. The Morgan fingerprint density at radius 2 is 2.16 bits per heavy atom. The molecule has 1 aromatic rings. The van der Waals surface area contributed by atoms with E-state index in [0.29, 0.717) is 18.4 Å². The molecule has 5 nitrogen and oxygen atoms in total. The number of carbonyl (C=O) groups is 2. The molecule has 0 aliphatic carbocycles. The minimum atomic E-state index is -1.47. The van der Waals surface area contributed by atoms with Crippen LogP contribution in [0.5, 0.6) is 0 Å². The van der Waals surface area contributed by atoms with Crippen LogP contribution in [-0.2, 0) is 14.3 Å². The lowest BCUT2D eigenvalue weighted by atomic mass is 9.85. The first kappa shape index (κ1) is 13.7. The van der Waals surface area contributed by atoms with Gasteiger partial charge >= 0.3 is 0 Å². The van der Waals surface area contributed by atoms with Crippen molar-refractivity contribution in [1.29, 1.82) is 0 Å². The fourth-order valence-electron chi connectivity index (χ4n) is 2.32. The van der Waals surface area contributed by atoms with Gasteiger partial charge in [0.05, 0.1) is 0 Å². The van der Waals surface area contributed by atoms with Crippen molar-refractivity contribution in [3.63, 3.8) is 0 Å². The number of β-amino-alcohol motifs (C(OH)–C–C–N with tert-alkyl or cyclic N) is 1. The van der Waals surface area contributed by atoms with E-state index in [1.54, 1.807) is 24.3 Å². The van der Waals surface area contributed by atoms with E-state index in [-0.39, 0.29) is 13.0 Å². The largest absolute Gasteiger partial charge is 0.451 e. The summed E-state index contributed by atoms with van der Waals surface area (Å²) in [6, 6.07) is 8.72. The number of Topliss-reactive ketones (excluding diaryl/α,β-unsaturated/α-hetero) is 1. The van der Waals surface area contributed by atoms with Crippen LogP contribution in [0.25, 0.3) is 0 Å². The van der Waals surface area contributed by atoms with Gasteiger partial charge in [0.25, 0.3) is 6.47 Å². The average molecular weight is 263 g/mol. The molecule has 1 heterocycles. The number of hydrogen-bond donors (Lipinski definition) is 2. The fraction of sp³-hybridized carbons (Fsp3) is 0.429. The third kappa shape index (κ3) is 3.00. The van der Waals surface area contributed by atoms with Gasteiger partial charge in [-0.05, 0) is 19.4 Å². The monoisotopic (exact) mass is 263 g/mol. The van der Waals surface area contributed by atoms with Crippen molar-refractivity contribution in [1.82, 2.24) is 5.32 Å². The van der Waals surface area contributed by atoms with E-state index in [0.717, 1.165) is 6.54 Å². The second-order valence-electron chi connectivity index (χ2n) is 4.70. The van der Waals surface area contributed by atoms with Gasteiger partial charge in [0, 0.05) is 12.1 Å². The Hall–Kier alpha value is -1.72. The van der Waals surface area contributed by atoms with Gasteiger partial charge in [-0.25, -0.2) is 0 Å². The number of ether oxygens (including phenoxy) is 1. The number of nitrogens with one attached hydrogen (secondary N) is 1.